The number of amides is 3. The largest absolute Gasteiger partial charge is 0.493 e. The summed E-state index contributed by atoms with van der Waals surface area (Å²) in [5.74, 6) is 1.14. The predicted octanol–water partition coefficient (Wildman–Crippen LogP) is 2.30. The van der Waals surface area contributed by atoms with Crippen LogP contribution in [0, 0.1) is 0 Å². The molecule has 0 aromatic heterocycles. The number of methoxy groups -OCH3 is 2. The summed E-state index contributed by atoms with van der Waals surface area (Å²) >= 11 is 0. The van der Waals surface area contributed by atoms with Crippen LogP contribution in [0.5, 0.6) is 11.5 Å². The fourth-order valence-corrected chi connectivity index (χ4v) is 3.71. The van der Waals surface area contributed by atoms with E-state index in [1.165, 1.54) is 0 Å². The molecule has 3 amide bonds. The number of rotatable bonds is 4. The van der Waals surface area contributed by atoms with Gasteiger partial charge in [-0.05, 0) is 42.0 Å². The van der Waals surface area contributed by atoms with Gasteiger partial charge in [0.1, 0.15) is 0 Å². The molecule has 0 aliphatic carbocycles. The normalized spacial score (nSPS) is 15.9. The van der Waals surface area contributed by atoms with Crippen LogP contribution in [0.15, 0.2) is 36.4 Å². The highest BCUT2D eigenvalue weighted by atomic mass is 16.5. The Balaban J connectivity index is 1.42. The van der Waals surface area contributed by atoms with Crippen molar-refractivity contribution in [1.29, 1.82) is 0 Å². The molecule has 0 radical (unpaired) electrons. The SMILES string of the molecule is COc1ccc(C(=O)N2CCN(c3ccc4c(c3)CNC(=O)N4)CC2)cc1OC. The molecule has 4 rings (SSSR count). The van der Waals surface area contributed by atoms with Gasteiger partial charge in [-0.3, -0.25) is 4.79 Å². The van der Waals surface area contributed by atoms with Crippen LogP contribution in [0.1, 0.15) is 15.9 Å². The van der Waals surface area contributed by atoms with Crippen LogP contribution < -0.4 is 25.0 Å². The second-order valence-corrected chi connectivity index (χ2v) is 7.00. The van der Waals surface area contributed by atoms with E-state index >= 15 is 0 Å². The minimum absolute atomic E-state index is 0.0112. The fraction of sp³-hybridized carbons (Fsp3) is 0.333. The van der Waals surface area contributed by atoms with Crippen molar-refractivity contribution in [2.24, 2.45) is 0 Å². The second-order valence-electron chi connectivity index (χ2n) is 7.00. The number of nitrogens with one attached hydrogen (secondary N) is 2. The number of piperazine rings is 1. The van der Waals surface area contributed by atoms with Gasteiger partial charge in [0.25, 0.3) is 5.91 Å². The third kappa shape index (κ3) is 3.78. The molecule has 1 fully saturated rings. The Hall–Kier alpha value is -3.42. The minimum atomic E-state index is -0.174. The van der Waals surface area contributed by atoms with E-state index in [0.29, 0.717) is 36.7 Å². The highest BCUT2D eigenvalue weighted by molar-refractivity contribution is 5.95. The third-order valence-corrected chi connectivity index (χ3v) is 5.34. The van der Waals surface area contributed by atoms with Crippen LogP contribution in [-0.4, -0.2) is 57.2 Å². The number of urea groups is 1. The Bertz CT molecular complexity index is 938. The van der Waals surface area contributed by atoms with Gasteiger partial charge in [-0.25, -0.2) is 4.79 Å². The van der Waals surface area contributed by atoms with E-state index in [0.717, 1.165) is 30.0 Å². The quantitative estimate of drug-likeness (QED) is 0.829. The second kappa shape index (κ2) is 7.90. The molecule has 8 nitrogen and oxygen atoms in total. The van der Waals surface area contributed by atoms with E-state index in [9.17, 15) is 9.59 Å². The van der Waals surface area contributed by atoms with Gasteiger partial charge in [-0.2, -0.15) is 0 Å². The smallest absolute Gasteiger partial charge is 0.319 e. The van der Waals surface area contributed by atoms with Crippen LogP contribution >= 0.6 is 0 Å². The highest BCUT2D eigenvalue weighted by Crippen LogP contribution is 2.29. The zero-order valence-corrected chi connectivity index (χ0v) is 16.5. The van der Waals surface area contributed by atoms with Crippen LogP contribution in [0.3, 0.4) is 0 Å². The van der Waals surface area contributed by atoms with Crippen LogP contribution in [-0.2, 0) is 6.54 Å². The molecule has 1 saturated heterocycles. The standard InChI is InChI=1S/C21H24N4O4/c1-28-18-6-3-14(12-19(18)29-2)20(26)25-9-7-24(8-10-25)16-4-5-17-15(11-16)13-22-21(27)23-17/h3-6,11-12H,7-10,13H2,1-2H3,(H2,22,23,27). The summed E-state index contributed by atoms with van der Waals surface area (Å²) < 4.78 is 10.5. The molecular formula is C21H24N4O4. The van der Waals surface area contributed by atoms with E-state index in [4.69, 9.17) is 9.47 Å². The van der Waals surface area contributed by atoms with Crippen molar-refractivity contribution in [3.05, 3.63) is 47.5 Å². The van der Waals surface area contributed by atoms with Gasteiger partial charge < -0.3 is 29.9 Å². The van der Waals surface area contributed by atoms with Crippen LogP contribution in [0.4, 0.5) is 16.2 Å². The molecule has 8 heteroatoms. The van der Waals surface area contributed by atoms with Crippen molar-refractivity contribution < 1.29 is 19.1 Å². The van der Waals surface area contributed by atoms with Gasteiger partial charge in [0, 0.05) is 49.7 Å². The zero-order valence-electron chi connectivity index (χ0n) is 16.5. The maximum Gasteiger partial charge on any atom is 0.319 e. The molecule has 2 heterocycles. The summed E-state index contributed by atoms with van der Waals surface area (Å²) in [6, 6.07) is 11.1. The maximum atomic E-state index is 12.9. The number of carbonyl (C=O) groups excluding carboxylic acids is 2. The van der Waals surface area contributed by atoms with Crippen molar-refractivity contribution in [2.75, 3.05) is 50.6 Å². The number of carbonyl (C=O) groups is 2. The molecule has 2 aromatic rings. The summed E-state index contributed by atoms with van der Waals surface area (Å²) in [6.07, 6.45) is 0. The van der Waals surface area contributed by atoms with Gasteiger partial charge in [-0.15, -0.1) is 0 Å². The average molecular weight is 396 g/mol. The van der Waals surface area contributed by atoms with Crippen LogP contribution in [0.25, 0.3) is 0 Å². The van der Waals surface area contributed by atoms with Crippen molar-refractivity contribution in [3.8, 4) is 11.5 Å². The highest BCUT2D eigenvalue weighted by Gasteiger charge is 2.24. The van der Waals surface area contributed by atoms with Gasteiger partial charge in [0.2, 0.25) is 0 Å². The lowest BCUT2D eigenvalue weighted by molar-refractivity contribution is 0.0746. The minimum Gasteiger partial charge on any atom is -0.493 e. The first-order valence-corrected chi connectivity index (χ1v) is 9.53. The summed E-state index contributed by atoms with van der Waals surface area (Å²) in [4.78, 5) is 28.4. The van der Waals surface area contributed by atoms with E-state index in [-0.39, 0.29) is 11.9 Å². The molecule has 0 spiro atoms. The maximum absolute atomic E-state index is 12.9. The first-order chi connectivity index (χ1) is 14.1. The van der Waals surface area contributed by atoms with Gasteiger partial charge in [-0.1, -0.05) is 0 Å². The molecule has 2 aromatic carbocycles. The Labute approximate surface area is 169 Å². The third-order valence-electron chi connectivity index (χ3n) is 5.34. The predicted molar refractivity (Wildman–Crippen MR) is 110 cm³/mol. The van der Waals surface area contributed by atoms with Gasteiger partial charge >= 0.3 is 6.03 Å². The molecule has 2 aliphatic heterocycles. The molecular weight excluding hydrogens is 372 g/mol. The van der Waals surface area contributed by atoms with Gasteiger partial charge in [0.15, 0.2) is 11.5 Å². The number of anilines is 2. The zero-order chi connectivity index (χ0) is 20.4. The molecule has 0 atom stereocenters. The van der Waals surface area contributed by atoms with Crippen molar-refractivity contribution in [3.63, 3.8) is 0 Å². The Morgan fingerprint density at radius 3 is 2.45 bits per heavy atom. The molecule has 0 bridgehead atoms. The molecule has 29 heavy (non-hydrogen) atoms. The lowest BCUT2D eigenvalue weighted by Crippen LogP contribution is -2.48. The number of hydrogen-bond acceptors (Lipinski definition) is 5. The number of benzene rings is 2. The average Bonchev–Trinajstić information content (AvgIpc) is 2.77. The van der Waals surface area contributed by atoms with Gasteiger partial charge in [0.05, 0.1) is 14.2 Å². The number of hydrogen-bond donors (Lipinski definition) is 2. The molecule has 0 unspecified atom stereocenters. The Morgan fingerprint density at radius 2 is 1.72 bits per heavy atom. The number of fused-ring (bicyclic) bond motifs is 1. The monoisotopic (exact) mass is 396 g/mol. The molecule has 152 valence electrons. The molecule has 2 aliphatic rings. The summed E-state index contributed by atoms with van der Waals surface area (Å²) in [6.45, 7) is 3.29. The van der Waals surface area contributed by atoms with E-state index < -0.39 is 0 Å². The van der Waals surface area contributed by atoms with Crippen molar-refractivity contribution >= 4 is 23.3 Å². The van der Waals surface area contributed by atoms with Crippen LogP contribution in [0.2, 0.25) is 0 Å². The first kappa shape index (κ1) is 18.9. The number of nitrogens with zero attached hydrogens (tertiary/aromatic N) is 2. The van der Waals surface area contributed by atoms with Crippen molar-refractivity contribution in [2.45, 2.75) is 6.54 Å². The molecule has 0 saturated carbocycles. The van der Waals surface area contributed by atoms with E-state index in [1.807, 2.05) is 17.0 Å². The lowest BCUT2D eigenvalue weighted by atomic mass is 10.1. The van der Waals surface area contributed by atoms with E-state index in [1.54, 1.807) is 32.4 Å². The summed E-state index contributed by atoms with van der Waals surface area (Å²) in [5, 5.41) is 5.59. The summed E-state index contributed by atoms with van der Waals surface area (Å²) in [5.41, 5.74) is 3.59. The van der Waals surface area contributed by atoms with Crippen molar-refractivity contribution in [1.82, 2.24) is 10.2 Å². The first-order valence-electron chi connectivity index (χ1n) is 9.53. The Kier molecular flexibility index (Phi) is 5.16. The lowest BCUT2D eigenvalue weighted by Gasteiger charge is -2.36. The Morgan fingerprint density at radius 1 is 0.966 bits per heavy atom. The summed E-state index contributed by atoms with van der Waals surface area (Å²) in [7, 11) is 3.13. The molecule has 2 N–H and O–H groups in total. The topological polar surface area (TPSA) is 83.1 Å². The van der Waals surface area contributed by atoms with E-state index in [2.05, 4.69) is 21.6 Å². The fourth-order valence-electron chi connectivity index (χ4n) is 3.71. The number of ether oxygens (including phenoxy) is 2.